The van der Waals surface area contributed by atoms with Gasteiger partial charge < -0.3 is 5.73 Å². The van der Waals surface area contributed by atoms with Crippen LogP contribution in [0.3, 0.4) is 0 Å². The van der Waals surface area contributed by atoms with Gasteiger partial charge in [-0.1, -0.05) is 18.2 Å². The minimum atomic E-state index is 0.547. The summed E-state index contributed by atoms with van der Waals surface area (Å²) < 4.78 is 0. The summed E-state index contributed by atoms with van der Waals surface area (Å²) in [5.41, 5.74) is 8.30. The van der Waals surface area contributed by atoms with Crippen molar-refractivity contribution in [1.29, 1.82) is 0 Å². The summed E-state index contributed by atoms with van der Waals surface area (Å²) in [7, 11) is 0. The van der Waals surface area contributed by atoms with Gasteiger partial charge in [0.05, 0.1) is 17.0 Å². The van der Waals surface area contributed by atoms with E-state index < -0.39 is 0 Å². The Bertz CT molecular complexity index is 525. The highest BCUT2D eigenvalue weighted by Gasteiger charge is 2.00. The Morgan fingerprint density at radius 2 is 2.07 bits per heavy atom. The lowest BCUT2D eigenvalue weighted by Crippen LogP contribution is -2.03. The molecule has 0 atom stereocenters. The number of benzene rings is 1. The molecule has 0 fully saturated rings. The van der Waals surface area contributed by atoms with Gasteiger partial charge in [-0.15, -0.1) is 0 Å². The number of aliphatic imine (C=N–C) groups is 1. The molecule has 3 heteroatoms. The number of nitrogens with zero attached hydrogens (tertiary/aromatic N) is 2. The van der Waals surface area contributed by atoms with E-state index in [1.165, 1.54) is 0 Å². The Balaban J connectivity index is 2.74. The molecule has 0 spiro atoms. The minimum Gasteiger partial charge on any atom is -0.387 e. The third kappa shape index (κ3) is 1.96. The Morgan fingerprint density at radius 3 is 2.80 bits per heavy atom. The number of para-hydroxylation sites is 1. The maximum atomic E-state index is 5.58. The van der Waals surface area contributed by atoms with Crippen LogP contribution < -0.4 is 5.73 Å². The predicted molar refractivity (Wildman–Crippen MR) is 63.4 cm³/mol. The fourth-order valence-corrected chi connectivity index (χ4v) is 1.51. The fraction of sp³-hybridized carbons (Fsp3) is 0.167. The Labute approximate surface area is 88.7 Å². The molecule has 15 heavy (non-hydrogen) atoms. The first-order valence-electron chi connectivity index (χ1n) is 4.84. The van der Waals surface area contributed by atoms with Gasteiger partial charge in [0.15, 0.2) is 0 Å². The summed E-state index contributed by atoms with van der Waals surface area (Å²) >= 11 is 0. The van der Waals surface area contributed by atoms with E-state index in [0.717, 1.165) is 22.3 Å². The lowest BCUT2D eigenvalue weighted by Gasteiger charge is -2.02. The summed E-state index contributed by atoms with van der Waals surface area (Å²) in [5, 5.41) is 1.09. The van der Waals surface area contributed by atoms with Crippen molar-refractivity contribution in [3.8, 4) is 0 Å². The number of amidine groups is 1. The number of aryl methyl sites for hydroxylation is 1. The number of fused-ring (bicyclic) bond motifs is 1. The summed E-state index contributed by atoms with van der Waals surface area (Å²) in [4.78, 5) is 8.73. The van der Waals surface area contributed by atoms with Crippen molar-refractivity contribution in [3.63, 3.8) is 0 Å². The van der Waals surface area contributed by atoms with Crippen molar-refractivity contribution in [2.45, 2.75) is 13.8 Å². The molecule has 1 aromatic heterocycles. The molecular weight excluding hydrogens is 186 g/mol. The topological polar surface area (TPSA) is 51.3 Å². The average molecular weight is 199 g/mol. The third-order valence-corrected chi connectivity index (χ3v) is 2.13. The minimum absolute atomic E-state index is 0.547. The smallest absolute Gasteiger partial charge is 0.0965 e. The SMILES string of the molecule is CC(N)=Nc1cccc2ccc(C)nc12. The van der Waals surface area contributed by atoms with E-state index in [4.69, 9.17) is 5.73 Å². The number of nitrogens with two attached hydrogens (primary N) is 1. The van der Waals surface area contributed by atoms with Gasteiger partial charge in [0.2, 0.25) is 0 Å². The Hall–Kier alpha value is -1.90. The largest absolute Gasteiger partial charge is 0.387 e. The first kappa shape index (κ1) is 9.65. The predicted octanol–water partition coefficient (Wildman–Crippen LogP) is 2.55. The van der Waals surface area contributed by atoms with E-state index in [0.29, 0.717) is 5.84 Å². The molecule has 1 heterocycles. The second kappa shape index (κ2) is 3.69. The average Bonchev–Trinajstić information content (AvgIpc) is 2.18. The highest BCUT2D eigenvalue weighted by molar-refractivity contribution is 5.92. The molecule has 0 saturated carbocycles. The quantitative estimate of drug-likeness (QED) is 0.566. The van der Waals surface area contributed by atoms with Crippen LogP contribution in [0.1, 0.15) is 12.6 Å². The molecule has 0 amide bonds. The van der Waals surface area contributed by atoms with Crippen molar-refractivity contribution in [3.05, 3.63) is 36.0 Å². The zero-order valence-corrected chi connectivity index (χ0v) is 8.86. The van der Waals surface area contributed by atoms with Crippen LogP contribution in [-0.2, 0) is 0 Å². The van der Waals surface area contributed by atoms with E-state index in [1.807, 2.05) is 37.3 Å². The van der Waals surface area contributed by atoms with Crippen LogP contribution in [-0.4, -0.2) is 10.8 Å². The van der Waals surface area contributed by atoms with Crippen LogP contribution in [0.2, 0.25) is 0 Å². The zero-order chi connectivity index (χ0) is 10.8. The number of rotatable bonds is 1. The summed E-state index contributed by atoms with van der Waals surface area (Å²) in [6.07, 6.45) is 0. The highest BCUT2D eigenvalue weighted by atomic mass is 14.9. The van der Waals surface area contributed by atoms with E-state index in [2.05, 4.69) is 9.98 Å². The summed E-state index contributed by atoms with van der Waals surface area (Å²) in [6.45, 7) is 3.74. The summed E-state index contributed by atoms with van der Waals surface area (Å²) in [6, 6.07) is 9.94. The van der Waals surface area contributed by atoms with E-state index in [9.17, 15) is 0 Å². The van der Waals surface area contributed by atoms with E-state index in [-0.39, 0.29) is 0 Å². The summed E-state index contributed by atoms with van der Waals surface area (Å²) in [5.74, 6) is 0.547. The molecule has 0 bridgehead atoms. The van der Waals surface area contributed by atoms with Gasteiger partial charge in [-0.25, -0.2) is 4.99 Å². The third-order valence-electron chi connectivity index (χ3n) is 2.13. The maximum Gasteiger partial charge on any atom is 0.0965 e. The van der Waals surface area contributed by atoms with Crippen molar-refractivity contribution in [1.82, 2.24) is 4.98 Å². The molecular formula is C12H13N3. The van der Waals surface area contributed by atoms with Gasteiger partial charge in [-0.3, -0.25) is 4.98 Å². The highest BCUT2D eigenvalue weighted by Crippen LogP contribution is 2.24. The van der Waals surface area contributed by atoms with Gasteiger partial charge in [0, 0.05) is 11.1 Å². The molecule has 2 N–H and O–H groups in total. The van der Waals surface area contributed by atoms with Crippen LogP contribution in [0, 0.1) is 6.92 Å². The second-order valence-corrected chi connectivity index (χ2v) is 3.55. The van der Waals surface area contributed by atoms with Gasteiger partial charge in [-0.05, 0) is 26.0 Å². The van der Waals surface area contributed by atoms with Gasteiger partial charge in [0.1, 0.15) is 0 Å². The number of hydrogen-bond acceptors (Lipinski definition) is 2. The van der Waals surface area contributed by atoms with Gasteiger partial charge >= 0.3 is 0 Å². The monoisotopic (exact) mass is 199 g/mol. The molecule has 3 nitrogen and oxygen atoms in total. The molecule has 0 saturated heterocycles. The molecule has 2 aromatic rings. The van der Waals surface area contributed by atoms with Gasteiger partial charge in [0.25, 0.3) is 0 Å². The van der Waals surface area contributed by atoms with Gasteiger partial charge in [-0.2, -0.15) is 0 Å². The van der Waals surface area contributed by atoms with Crippen LogP contribution in [0.4, 0.5) is 5.69 Å². The van der Waals surface area contributed by atoms with Crippen LogP contribution >= 0.6 is 0 Å². The molecule has 0 aliphatic rings. The van der Waals surface area contributed by atoms with Crippen LogP contribution in [0.25, 0.3) is 10.9 Å². The zero-order valence-electron chi connectivity index (χ0n) is 8.86. The Kier molecular flexibility index (Phi) is 2.37. The Morgan fingerprint density at radius 1 is 1.27 bits per heavy atom. The first-order chi connectivity index (χ1) is 7.16. The lowest BCUT2D eigenvalue weighted by atomic mass is 10.2. The molecule has 0 unspecified atom stereocenters. The number of aromatic nitrogens is 1. The van der Waals surface area contributed by atoms with Crippen molar-refractivity contribution < 1.29 is 0 Å². The molecule has 0 radical (unpaired) electrons. The van der Waals surface area contributed by atoms with Crippen LogP contribution in [0.15, 0.2) is 35.3 Å². The van der Waals surface area contributed by atoms with Crippen LogP contribution in [0.5, 0.6) is 0 Å². The van der Waals surface area contributed by atoms with Crippen molar-refractivity contribution in [2.24, 2.45) is 10.7 Å². The number of pyridine rings is 1. The number of hydrogen-bond donors (Lipinski definition) is 1. The lowest BCUT2D eigenvalue weighted by molar-refractivity contribution is 1.25. The first-order valence-corrected chi connectivity index (χ1v) is 4.84. The van der Waals surface area contributed by atoms with E-state index in [1.54, 1.807) is 6.92 Å². The molecule has 2 rings (SSSR count). The molecule has 76 valence electrons. The molecule has 1 aromatic carbocycles. The molecule has 0 aliphatic carbocycles. The van der Waals surface area contributed by atoms with Crippen molar-refractivity contribution in [2.75, 3.05) is 0 Å². The standard InChI is InChI=1S/C12H13N3/c1-8-6-7-10-4-3-5-11(12(10)14-8)15-9(2)13/h3-7H,1-2H3,(H2,13,15). The normalized spacial score (nSPS) is 12.0. The fourth-order valence-electron chi connectivity index (χ4n) is 1.51. The second-order valence-electron chi connectivity index (χ2n) is 3.55. The maximum absolute atomic E-state index is 5.58. The van der Waals surface area contributed by atoms with E-state index >= 15 is 0 Å². The van der Waals surface area contributed by atoms with Crippen molar-refractivity contribution >= 4 is 22.4 Å². The molecule has 0 aliphatic heterocycles.